The first-order valence-electron chi connectivity index (χ1n) is 7.54. The number of amides is 1. The van der Waals surface area contributed by atoms with E-state index in [-0.39, 0.29) is 18.4 Å². The monoisotopic (exact) mass is 363 g/mol. The lowest BCUT2D eigenvalue weighted by molar-refractivity contribution is 0.145. The molecule has 0 radical (unpaired) electrons. The van der Waals surface area contributed by atoms with Crippen LogP contribution in [0.5, 0.6) is 5.75 Å². The predicted molar refractivity (Wildman–Crippen MR) is 94.9 cm³/mol. The number of nitrogens with one attached hydrogen (secondary N) is 1. The van der Waals surface area contributed by atoms with Gasteiger partial charge in [0.05, 0.1) is 25.9 Å². The minimum absolute atomic E-state index is 0.0733. The Morgan fingerprint density at radius 2 is 2.08 bits per heavy atom. The van der Waals surface area contributed by atoms with Crippen molar-refractivity contribution < 1.29 is 14.6 Å². The summed E-state index contributed by atoms with van der Waals surface area (Å²) in [6.07, 6.45) is -1.00. The van der Waals surface area contributed by atoms with Crippen molar-refractivity contribution in [3.63, 3.8) is 0 Å². The summed E-state index contributed by atoms with van der Waals surface area (Å²) in [5.74, 6) is 1.19. The van der Waals surface area contributed by atoms with Gasteiger partial charge in [-0.05, 0) is 17.7 Å². The van der Waals surface area contributed by atoms with Crippen LogP contribution >= 0.6 is 11.6 Å². The molecule has 3 rings (SSSR count). The zero-order valence-electron chi connectivity index (χ0n) is 14.1. The summed E-state index contributed by atoms with van der Waals surface area (Å²) in [6, 6.07) is 5.68. The van der Waals surface area contributed by atoms with E-state index < -0.39 is 6.09 Å². The molecule has 1 aromatic carbocycles. The third kappa shape index (κ3) is 3.53. The fraction of sp³-hybridized carbons (Fsp3) is 0.312. The van der Waals surface area contributed by atoms with Gasteiger partial charge in [0.1, 0.15) is 11.6 Å². The number of hydrogen-bond donors (Lipinski definition) is 2. The van der Waals surface area contributed by atoms with E-state index in [9.17, 15) is 9.90 Å². The second-order valence-corrected chi connectivity index (χ2v) is 6.18. The molecule has 0 saturated heterocycles. The molecule has 25 heavy (non-hydrogen) atoms. The van der Waals surface area contributed by atoms with Gasteiger partial charge in [-0.2, -0.15) is 0 Å². The Morgan fingerprint density at radius 3 is 2.72 bits per heavy atom. The Kier molecular flexibility index (Phi) is 4.54. The van der Waals surface area contributed by atoms with Gasteiger partial charge >= 0.3 is 6.09 Å². The van der Waals surface area contributed by atoms with Crippen molar-refractivity contribution >= 4 is 34.9 Å². The SMILES string of the molecule is COc1cc(Nc2nc(Cl)nc3c2CN(C(=O)O)C3)cc(N(C)C)c1. The number of fused-ring (bicyclic) bond motifs is 1. The fourth-order valence-corrected chi connectivity index (χ4v) is 2.82. The molecule has 0 atom stereocenters. The number of aromatic nitrogens is 2. The van der Waals surface area contributed by atoms with Crippen molar-refractivity contribution in [2.45, 2.75) is 13.1 Å². The van der Waals surface area contributed by atoms with E-state index in [4.69, 9.17) is 16.3 Å². The highest BCUT2D eigenvalue weighted by Crippen LogP contribution is 2.32. The maximum absolute atomic E-state index is 11.2. The summed E-state index contributed by atoms with van der Waals surface area (Å²) in [5, 5.41) is 12.5. The molecular formula is C16H18ClN5O3. The van der Waals surface area contributed by atoms with Crippen molar-refractivity contribution in [1.82, 2.24) is 14.9 Å². The molecule has 0 bridgehead atoms. The van der Waals surface area contributed by atoms with Crippen molar-refractivity contribution in [2.24, 2.45) is 0 Å². The number of carboxylic acid groups (broad SMARTS) is 1. The Hall–Kier alpha value is -2.74. The minimum atomic E-state index is -1.00. The average molecular weight is 364 g/mol. The zero-order valence-corrected chi connectivity index (χ0v) is 14.8. The molecule has 2 N–H and O–H groups in total. The first kappa shape index (κ1) is 17.1. The molecule has 0 aliphatic carbocycles. The van der Waals surface area contributed by atoms with Crippen LogP contribution in [0.4, 0.5) is 22.0 Å². The van der Waals surface area contributed by atoms with Crippen LogP contribution in [0.2, 0.25) is 5.28 Å². The molecule has 2 aromatic rings. The molecule has 9 heteroatoms. The van der Waals surface area contributed by atoms with Crippen LogP contribution in [-0.4, -0.2) is 47.3 Å². The van der Waals surface area contributed by atoms with Crippen LogP contribution in [0, 0.1) is 0 Å². The smallest absolute Gasteiger partial charge is 0.407 e. The summed E-state index contributed by atoms with van der Waals surface area (Å²) in [4.78, 5) is 22.8. The van der Waals surface area contributed by atoms with Gasteiger partial charge < -0.3 is 20.1 Å². The topological polar surface area (TPSA) is 90.8 Å². The van der Waals surface area contributed by atoms with Crippen LogP contribution in [0.3, 0.4) is 0 Å². The first-order chi connectivity index (χ1) is 11.9. The number of anilines is 3. The maximum atomic E-state index is 11.2. The van der Waals surface area contributed by atoms with Crippen LogP contribution in [0.15, 0.2) is 18.2 Å². The van der Waals surface area contributed by atoms with Gasteiger partial charge in [0, 0.05) is 43.2 Å². The highest BCUT2D eigenvalue weighted by atomic mass is 35.5. The predicted octanol–water partition coefficient (Wildman–Crippen LogP) is 2.94. The summed E-state index contributed by atoms with van der Waals surface area (Å²) in [7, 11) is 5.47. The second-order valence-electron chi connectivity index (χ2n) is 5.84. The largest absolute Gasteiger partial charge is 0.497 e. The van der Waals surface area contributed by atoms with Crippen LogP contribution in [0.1, 0.15) is 11.3 Å². The maximum Gasteiger partial charge on any atom is 0.407 e. The Labute approximate surface area is 150 Å². The molecule has 0 fully saturated rings. The lowest BCUT2D eigenvalue weighted by atomic mass is 10.2. The normalized spacial score (nSPS) is 12.7. The van der Waals surface area contributed by atoms with Gasteiger partial charge in [-0.25, -0.2) is 14.8 Å². The number of nitrogens with zero attached hydrogens (tertiary/aromatic N) is 4. The molecular weight excluding hydrogens is 346 g/mol. The van der Waals surface area contributed by atoms with Crippen LogP contribution < -0.4 is 15.0 Å². The molecule has 132 valence electrons. The summed E-state index contributed by atoms with van der Waals surface area (Å²) < 4.78 is 5.34. The number of halogens is 1. The molecule has 8 nitrogen and oxygen atoms in total. The van der Waals surface area contributed by atoms with Crippen LogP contribution in [-0.2, 0) is 13.1 Å². The van der Waals surface area contributed by atoms with E-state index >= 15 is 0 Å². The van der Waals surface area contributed by atoms with E-state index in [1.54, 1.807) is 7.11 Å². The van der Waals surface area contributed by atoms with E-state index in [1.165, 1.54) is 4.90 Å². The number of hydrogen-bond acceptors (Lipinski definition) is 6. The van der Waals surface area contributed by atoms with Gasteiger partial charge in [-0.15, -0.1) is 0 Å². The fourth-order valence-electron chi connectivity index (χ4n) is 2.63. The first-order valence-corrected chi connectivity index (χ1v) is 7.91. The van der Waals surface area contributed by atoms with E-state index in [0.29, 0.717) is 17.3 Å². The van der Waals surface area contributed by atoms with Crippen molar-refractivity contribution in [3.8, 4) is 5.75 Å². The van der Waals surface area contributed by atoms with E-state index in [1.807, 2.05) is 37.2 Å². The highest BCUT2D eigenvalue weighted by molar-refractivity contribution is 6.28. The van der Waals surface area contributed by atoms with Gasteiger partial charge in [0.15, 0.2) is 0 Å². The van der Waals surface area contributed by atoms with Gasteiger partial charge in [0.25, 0.3) is 0 Å². The van der Waals surface area contributed by atoms with Crippen LogP contribution in [0.25, 0.3) is 0 Å². The van der Waals surface area contributed by atoms with E-state index in [2.05, 4.69) is 15.3 Å². The number of carbonyl (C=O) groups is 1. The molecule has 0 unspecified atom stereocenters. The Morgan fingerprint density at radius 1 is 1.32 bits per heavy atom. The Bertz CT molecular complexity index is 828. The molecule has 1 amide bonds. The van der Waals surface area contributed by atoms with E-state index in [0.717, 1.165) is 16.9 Å². The highest BCUT2D eigenvalue weighted by Gasteiger charge is 2.28. The molecule has 1 aliphatic rings. The number of benzene rings is 1. The number of rotatable bonds is 4. The average Bonchev–Trinajstić information content (AvgIpc) is 2.98. The summed E-state index contributed by atoms with van der Waals surface area (Å²) >= 11 is 6.00. The van der Waals surface area contributed by atoms with Gasteiger partial charge in [-0.3, -0.25) is 4.90 Å². The quantitative estimate of drug-likeness (QED) is 0.807. The molecule has 2 heterocycles. The lowest BCUT2D eigenvalue weighted by Gasteiger charge is -2.17. The summed E-state index contributed by atoms with van der Waals surface area (Å²) in [5.41, 5.74) is 3.04. The number of methoxy groups -OCH3 is 1. The molecule has 1 aromatic heterocycles. The number of ether oxygens (including phenoxy) is 1. The Balaban J connectivity index is 1.97. The minimum Gasteiger partial charge on any atom is -0.497 e. The van der Waals surface area contributed by atoms with Crippen molar-refractivity contribution in [1.29, 1.82) is 0 Å². The van der Waals surface area contributed by atoms with Crippen molar-refractivity contribution in [3.05, 3.63) is 34.7 Å². The molecule has 0 saturated carbocycles. The lowest BCUT2D eigenvalue weighted by Crippen LogP contribution is -2.22. The zero-order chi connectivity index (χ0) is 18.1. The third-order valence-corrected chi connectivity index (χ3v) is 4.10. The van der Waals surface area contributed by atoms with Crippen molar-refractivity contribution in [2.75, 3.05) is 31.4 Å². The second kappa shape index (κ2) is 6.64. The standard InChI is InChI=1S/C16H18ClN5O3/c1-21(2)10-4-9(5-11(6-10)25-3)18-14-12-7-22(16(23)24)8-13(12)19-15(17)20-14/h4-6H,7-8H2,1-3H3,(H,23,24)(H,18,19,20). The van der Waals surface area contributed by atoms with Gasteiger partial charge in [-0.1, -0.05) is 0 Å². The van der Waals surface area contributed by atoms with Gasteiger partial charge in [0.2, 0.25) is 5.28 Å². The summed E-state index contributed by atoms with van der Waals surface area (Å²) in [6.45, 7) is 0.414. The third-order valence-electron chi connectivity index (χ3n) is 3.93. The molecule has 0 spiro atoms. The molecule has 1 aliphatic heterocycles.